The van der Waals surface area contributed by atoms with Crippen molar-refractivity contribution in [2.45, 2.75) is 19.4 Å². The molecule has 1 atom stereocenters. The van der Waals surface area contributed by atoms with Gasteiger partial charge in [-0.3, -0.25) is 4.98 Å². The molecular formula is C17H20N2. The summed E-state index contributed by atoms with van der Waals surface area (Å²) >= 11 is 0. The van der Waals surface area contributed by atoms with Crippen LogP contribution in [0.5, 0.6) is 0 Å². The van der Waals surface area contributed by atoms with Crippen molar-refractivity contribution >= 4 is 0 Å². The summed E-state index contributed by atoms with van der Waals surface area (Å²) in [4.78, 5) is 4.09. The first kappa shape index (κ1) is 13.5. The van der Waals surface area contributed by atoms with Gasteiger partial charge in [-0.15, -0.1) is 0 Å². The van der Waals surface area contributed by atoms with Gasteiger partial charge in [0.1, 0.15) is 0 Å². The first-order valence-electron chi connectivity index (χ1n) is 6.66. The summed E-state index contributed by atoms with van der Waals surface area (Å²) in [6.07, 6.45) is 4.67. The molecule has 0 spiro atoms. The van der Waals surface area contributed by atoms with E-state index in [1.54, 1.807) is 0 Å². The van der Waals surface area contributed by atoms with Crippen molar-refractivity contribution in [2.75, 3.05) is 6.54 Å². The van der Waals surface area contributed by atoms with E-state index < -0.39 is 0 Å². The van der Waals surface area contributed by atoms with Gasteiger partial charge in [0.2, 0.25) is 0 Å². The van der Waals surface area contributed by atoms with Crippen LogP contribution in [0.15, 0.2) is 67.0 Å². The minimum Gasteiger partial charge on any atom is -0.302 e. The van der Waals surface area contributed by atoms with Gasteiger partial charge in [0.25, 0.3) is 0 Å². The third-order valence-electron chi connectivity index (χ3n) is 3.23. The highest BCUT2D eigenvalue weighted by atomic mass is 14.9. The fraction of sp³-hybridized carbons (Fsp3) is 0.235. The topological polar surface area (TPSA) is 24.9 Å². The van der Waals surface area contributed by atoms with Gasteiger partial charge in [-0.25, -0.2) is 0 Å². The van der Waals surface area contributed by atoms with Gasteiger partial charge in [-0.2, -0.15) is 0 Å². The van der Waals surface area contributed by atoms with Crippen molar-refractivity contribution in [3.05, 3.63) is 78.1 Å². The van der Waals surface area contributed by atoms with E-state index in [1.165, 1.54) is 16.7 Å². The van der Waals surface area contributed by atoms with E-state index in [2.05, 4.69) is 60.2 Å². The van der Waals surface area contributed by atoms with E-state index in [0.29, 0.717) is 0 Å². The van der Waals surface area contributed by atoms with Crippen LogP contribution in [0.4, 0.5) is 0 Å². The predicted octanol–water partition coefficient (Wildman–Crippen LogP) is 3.73. The zero-order valence-electron chi connectivity index (χ0n) is 11.3. The Labute approximate surface area is 115 Å². The van der Waals surface area contributed by atoms with E-state index in [0.717, 1.165) is 13.0 Å². The minimum atomic E-state index is 0.187. The highest BCUT2D eigenvalue weighted by Gasteiger charge is 2.12. The second-order valence-corrected chi connectivity index (χ2v) is 4.61. The molecule has 98 valence electrons. The second kappa shape index (κ2) is 6.86. The summed E-state index contributed by atoms with van der Waals surface area (Å²) in [7, 11) is 0. The Hall–Kier alpha value is -1.93. The van der Waals surface area contributed by atoms with Gasteiger partial charge in [-0.1, -0.05) is 49.4 Å². The number of hydrogen-bond acceptors (Lipinski definition) is 2. The first-order chi connectivity index (χ1) is 9.31. The molecule has 1 heterocycles. The summed E-state index contributed by atoms with van der Waals surface area (Å²) in [6, 6.07) is 14.8. The largest absolute Gasteiger partial charge is 0.302 e. The van der Waals surface area contributed by atoms with Crippen LogP contribution in [0.25, 0.3) is 0 Å². The van der Waals surface area contributed by atoms with E-state index in [-0.39, 0.29) is 6.04 Å². The van der Waals surface area contributed by atoms with Crippen molar-refractivity contribution in [3.8, 4) is 0 Å². The molecular weight excluding hydrogens is 232 g/mol. The Bertz CT molecular complexity index is 466. The Morgan fingerprint density at radius 3 is 2.37 bits per heavy atom. The molecule has 2 rings (SSSR count). The lowest BCUT2D eigenvalue weighted by Crippen LogP contribution is -2.24. The molecule has 19 heavy (non-hydrogen) atoms. The predicted molar refractivity (Wildman–Crippen MR) is 80.0 cm³/mol. The second-order valence-electron chi connectivity index (χ2n) is 4.61. The molecule has 1 N–H and O–H groups in total. The highest BCUT2D eigenvalue weighted by molar-refractivity contribution is 5.30. The summed E-state index contributed by atoms with van der Waals surface area (Å²) in [5.74, 6) is 0. The van der Waals surface area contributed by atoms with Crippen LogP contribution in [0.2, 0.25) is 0 Å². The molecule has 1 aromatic heterocycles. The molecule has 0 aliphatic heterocycles. The number of hydrogen-bond donors (Lipinski definition) is 1. The lowest BCUT2D eigenvalue weighted by molar-refractivity contribution is 0.633. The van der Waals surface area contributed by atoms with E-state index in [4.69, 9.17) is 0 Å². The van der Waals surface area contributed by atoms with E-state index >= 15 is 0 Å². The highest BCUT2D eigenvalue weighted by Crippen LogP contribution is 2.21. The molecule has 0 saturated carbocycles. The smallest absolute Gasteiger partial charge is 0.0580 e. The molecule has 0 amide bonds. The molecule has 0 bridgehead atoms. The molecule has 0 aliphatic rings. The molecule has 2 aromatic rings. The number of pyridine rings is 1. The van der Waals surface area contributed by atoms with Crippen molar-refractivity contribution in [1.82, 2.24) is 10.3 Å². The fourth-order valence-electron chi connectivity index (χ4n) is 2.00. The van der Waals surface area contributed by atoms with Crippen molar-refractivity contribution in [1.29, 1.82) is 0 Å². The van der Waals surface area contributed by atoms with Crippen molar-refractivity contribution in [2.24, 2.45) is 0 Å². The zero-order chi connectivity index (χ0) is 13.5. The molecule has 0 saturated heterocycles. The van der Waals surface area contributed by atoms with Crippen LogP contribution in [0.3, 0.4) is 0 Å². The monoisotopic (exact) mass is 252 g/mol. The molecule has 2 nitrogen and oxygen atoms in total. The van der Waals surface area contributed by atoms with Crippen LogP contribution in [0.1, 0.15) is 30.5 Å². The normalized spacial score (nSPS) is 12.1. The Morgan fingerprint density at radius 2 is 1.74 bits per heavy atom. The molecule has 0 aliphatic carbocycles. The SMILES string of the molecule is C=C(CC)CNC(c1ccccc1)c1ccncc1. The van der Waals surface area contributed by atoms with Crippen molar-refractivity contribution in [3.63, 3.8) is 0 Å². The van der Waals surface area contributed by atoms with Crippen LogP contribution in [-0.2, 0) is 0 Å². The average molecular weight is 252 g/mol. The average Bonchev–Trinajstić information content (AvgIpc) is 2.49. The standard InChI is InChI=1S/C17H20N2/c1-3-14(2)13-19-17(15-7-5-4-6-8-15)16-9-11-18-12-10-16/h4-12,17,19H,2-3,13H2,1H3. The maximum absolute atomic E-state index is 4.09. The Kier molecular flexibility index (Phi) is 4.87. The fourth-order valence-corrected chi connectivity index (χ4v) is 2.00. The number of nitrogens with zero attached hydrogens (tertiary/aromatic N) is 1. The number of aromatic nitrogens is 1. The lowest BCUT2D eigenvalue weighted by atomic mass is 9.99. The molecule has 2 heteroatoms. The quantitative estimate of drug-likeness (QED) is 0.792. The maximum atomic E-state index is 4.09. The minimum absolute atomic E-state index is 0.187. The summed E-state index contributed by atoms with van der Waals surface area (Å²) in [6.45, 7) is 7.02. The molecule has 1 unspecified atom stereocenters. The van der Waals surface area contributed by atoms with E-state index in [9.17, 15) is 0 Å². The van der Waals surface area contributed by atoms with Crippen LogP contribution < -0.4 is 5.32 Å². The van der Waals surface area contributed by atoms with Gasteiger partial charge in [0.15, 0.2) is 0 Å². The maximum Gasteiger partial charge on any atom is 0.0580 e. The van der Waals surface area contributed by atoms with Gasteiger partial charge >= 0.3 is 0 Å². The van der Waals surface area contributed by atoms with Gasteiger partial charge in [0, 0.05) is 18.9 Å². The van der Waals surface area contributed by atoms with Crippen molar-refractivity contribution < 1.29 is 0 Å². The van der Waals surface area contributed by atoms with Gasteiger partial charge < -0.3 is 5.32 Å². The first-order valence-corrected chi connectivity index (χ1v) is 6.66. The number of rotatable bonds is 6. The van der Waals surface area contributed by atoms with E-state index in [1.807, 2.05) is 18.5 Å². The third kappa shape index (κ3) is 3.76. The molecule has 1 aromatic carbocycles. The number of benzene rings is 1. The van der Waals surface area contributed by atoms with Crippen LogP contribution in [-0.4, -0.2) is 11.5 Å². The van der Waals surface area contributed by atoms with Gasteiger partial charge in [-0.05, 0) is 29.7 Å². The summed E-state index contributed by atoms with van der Waals surface area (Å²) in [5.41, 5.74) is 3.71. The third-order valence-corrected chi connectivity index (χ3v) is 3.23. The lowest BCUT2D eigenvalue weighted by Gasteiger charge is -2.20. The van der Waals surface area contributed by atoms with Gasteiger partial charge in [0.05, 0.1) is 6.04 Å². The summed E-state index contributed by atoms with van der Waals surface area (Å²) < 4.78 is 0. The summed E-state index contributed by atoms with van der Waals surface area (Å²) in [5, 5.41) is 3.58. The molecule has 0 fully saturated rings. The zero-order valence-corrected chi connectivity index (χ0v) is 11.3. The Balaban J connectivity index is 2.21. The van der Waals surface area contributed by atoms with Crippen LogP contribution >= 0.6 is 0 Å². The molecule has 0 radical (unpaired) electrons. The van der Waals surface area contributed by atoms with Crippen LogP contribution in [0, 0.1) is 0 Å². The Morgan fingerprint density at radius 1 is 1.11 bits per heavy atom. The number of nitrogens with one attached hydrogen (secondary N) is 1.